The van der Waals surface area contributed by atoms with Crippen LogP contribution in [-0.2, 0) is 32.7 Å². The first-order chi connectivity index (χ1) is 27.0. The Balaban J connectivity index is 0.000000206. The average Bonchev–Trinajstić information content (AvgIpc) is 3.52. The minimum absolute atomic E-state index is 0.0379. The molecule has 57 heavy (non-hydrogen) atoms. The third-order valence-electron chi connectivity index (χ3n) is 9.18. The first-order valence-corrected chi connectivity index (χ1v) is 18.5. The Kier molecular flexibility index (Phi) is 15.3. The molecule has 0 bridgehead atoms. The number of aromatic amines is 1. The number of anilines is 1. The molecule has 3 atom stereocenters. The first kappa shape index (κ1) is 44.4. The number of pyridine rings is 1. The summed E-state index contributed by atoms with van der Waals surface area (Å²) in [5.41, 5.74) is 12.4. The number of aryl methyl sites for hydroxylation is 4. The van der Waals surface area contributed by atoms with Gasteiger partial charge in [-0.25, -0.2) is 19.7 Å². The molecule has 0 amide bonds. The number of nitrogen functional groups attached to an aromatic ring is 1. The van der Waals surface area contributed by atoms with Crippen LogP contribution >= 0.6 is 11.3 Å². The van der Waals surface area contributed by atoms with Crippen molar-refractivity contribution in [2.75, 3.05) is 18.9 Å². The average molecular weight is 811 g/mol. The Bertz CT molecular complexity index is 2400. The molecule has 0 spiro atoms. The van der Waals surface area contributed by atoms with E-state index in [1.165, 1.54) is 15.6 Å². The maximum Gasteiger partial charge on any atom is 0.349 e. The summed E-state index contributed by atoms with van der Waals surface area (Å²) in [6.07, 6.45) is -0.766. The van der Waals surface area contributed by atoms with Crippen LogP contribution in [0.25, 0.3) is 22.6 Å². The van der Waals surface area contributed by atoms with E-state index in [0.717, 1.165) is 22.4 Å². The van der Waals surface area contributed by atoms with Crippen molar-refractivity contribution in [3.8, 4) is 17.3 Å². The number of nitrogens with two attached hydrogens (primary N) is 1. The van der Waals surface area contributed by atoms with E-state index in [0.29, 0.717) is 52.5 Å². The molecule has 0 saturated heterocycles. The van der Waals surface area contributed by atoms with Crippen molar-refractivity contribution >= 4 is 28.2 Å². The van der Waals surface area contributed by atoms with Crippen LogP contribution in [0.4, 0.5) is 5.82 Å². The fraction of sp³-hybridized carbons (Fsp3) is 0.405. The minimum atomic E-state index is -1.64. The lowest BCUT2D eigenvalue weighted by molar-refractivity contribution is -0.689. The smallest absolute Gasteiger partial charge is 0.349 e. The summed E-state index contributed by atoms with van der Waals surface area (Å²) in [4.78, 5) is 47.4. The van der Waals surface area contributed by atoms with E-state index in [2.05, 4.69) is 34.5 Å². The second-order valence-corrected chi connectivity index (χ2v) is 14.1. The van der Waals surface area contributed by atoms with Gasteiger partial charge in [-0.05, 0) is 51.0 Å². The van der Waals surface area contributed by atoms with Crippen LogP contribution in [0.3, 0.4) is 0 Å². The zero-order valence-electron chi connectivity index (χ0n) is 32.1. The van der Waals surface area contributed by atoms with E-state index in [-0.39, 0.29) is 43.6 Å². The van der Waals surface area contributed by atoms with Gasteiger partial charge in [-0.15, -0.1) is 0 Å². The predicted molar refractivity (Wildman–Crippen MR) is 208 cm³/mol. The minimum Gasteiger partial charge on any atom is -0.506 e. The molecule has 0 fully saturated rings. The number of nitrogens with one attached hydrogen (secondary N) is 1. The van der Waals surface area contributed by atoms with Gasteiger partial charge in [0.15, 0.2) is 23.8 Å². The van der Waals surface area contributed by atoms with Gasteiger partial charge in [0, 0.05) is 43.5 Å². The molecule has 5 heterocycles. The number of aliphatic hydroxyl groups excluding tert-OH is 7. The topological polar surface area (TPSA) is 311 Å². The summed E-state index contributed by atoms with van der Waals surface area (Å²) < 4.78 is 3.51. The van der Waals surface area contributed by atoms with Gasteiger partial charge < -0.3 is 51.2 Å². The molecule has 0 unspecified atom stereocenters. The van der Waals surface area contributed by atoms with Gasteiger partial charge in [0.05, 0.1) is 53.5 Å². The summed E-state index contributed by atoms with van der Waals surface area (Å²) in [5.74, 6) is 1.13. The molecule has 19 nitrogen and oxygen atoms in total. The summed E-state index contributed by atoms with van der Waals surface area (Å²) in [5, 5.41) is 74.8. The number of aromatic hydroxyl groups is 1. The number of thiazole rings is 1. The highest BCUT2D eigenvalue weighted by Gasteiger charge is 2.27. The standard InChI is InChI=1S/C17H20N4O6.C12H17N4OS.C8H11NO3/c1-7-3-9-10(4-8(7)2)21(5-11(23)14(25)12(24)6-22)15-13(18-9)16(26)20-17(27)19-15;1-8-11(3-4-17)18-7-16(8)6-10-5-14-9(2)15-12(10)13;1-5-8(12)7(4-11)6(3-10)2-9-5/h3-4,11-12,14,22-25H,5-6H2,1-2H3,(H,20,26,27);5,7,17H,3-4,6H2,1-2H3,(H2,13,14,15);2,10-12H,3-4H2,1H3/q;+1;/t11-,12+,14-;;/m0../s1. The summed E-state index contributed by atoms with van der Waals surface area (Å²) in [6.45, 7) is 8.57. The molecule has 1 aromatic carbocycles. The van der Waals surface area contributed by atoms with E-state index in [9.17, 15) is 30.0 Å². The Morgan fingerprint density at radius 2 is 1.58 bits per heavy atom. The summed E-state index contributed by atoms with van der Waals surface area (Å²) in [7, 11) is 0. The Labute approximate surface area is 330 Å². The van der Waals surface area contributed by atoms with Gasteiger partial charge in [-0.1, -0.05) is 11.3 Å². The first-order valence-electron chi connectivity index (χ1n) is 17.6. The molecule has 2 aliphatic heterocycles. The highest BCUT2D eigenvalue weighted by atomic mass is 32.1. The molecule has 2 aliphatic rings. The van der Waals surface area contributed by atoms with Gasteiger partial charge in [0.1, 0.15) is 35.7 Å². The van der Waals surface area contributed by atoms with Gasteiger partial charge in [0.25, 0.3) is 5.56 Å². The molecule has 3 aromatic heterocycles. The monoisotopic (exact) mass is 810 g/mol. The molecule has 6 rings (SSSR count). The SMILES string of the molecule is Cc1cc2nc3c(=O)[nH]c(=O)nc-3n(C[C@H](O)[C@H](O)[C@H](O)CO)c2cc1C.Cc1ncc(CO)c(CO)c1O.Cc1ncc(C[n+]2csc(CCO)c2C)c(N)n1. The largest absolute Gasteiger partial charge is 0.506 e. The highest BCUT2D eigenvalue weighted by molar-refractivity contribution is 7.09. The van der Waals surface area contributed by atoms with Crippen LogP contribution in [0, 0.1) is 34.6 Å². The lowest BCUT2D eigenvalue weighted by atomic mass is 10.1. The molecule has 306 valence electrons. The van der Waals surface area contributed by atoms with Crippen LogP contribution in [0.1, 0.15) is 49.9 Å². The van der Waals surface area contributed by atoms with Crippen molar-refractivity contribution in [1.29, 1.82) is 0 Å². The number of benzene rings is 1. The van der Waals surface area contributed by atoms with E-state index < -0.39 is 36.2 Å². The third-order valence-corrected chi connectivity index (χ3v) is 10.3. The number of rotatable bonds is 11. The Hall–Kier alpha value is -5.32. The third kappa shape index (κ3) is 10.6. The number of hydrogen-bond donors (Lipinski definition) is 10. The van der Waals surface area contributed by atoms with Crippen molar-refractivity contribution in [1.82, 2.24) is 34.5 Å². The summed E-state index contributed by atoms with van der Waals surface area (Å²) in [6, 6.07) is 3.53. The van der Waals surface area contributed by atoms with Crippen LogP contribution in [0.15, 0.2) is 39.6 Å². The Morgan fingerprint density at radius 1 is 0.895 bits per heavy atom. The van der Waals surface area contributed by atoms with Crippen molar-refractivity contribution < 1.29 is 45.4 Å². The molecular weight excluding hydrogens is 763 g/mol. The van der Waals surface area contributed by atoms with E-state index in [1.54, 1.807) is 36.6 Å². The number of hydrogen-bond acceptors (Lipinski definition) is 17. The Morgan fingerprint density at radius 3 is 2.21 bits per heavy atom. The summed E-state index contributed by atoms with van der Waals surface area (Å²) >= 11 is 1.65. The van der Waals surface area contributed by atoms with Crippen LogP contribution in [-0.4, -0.2) is 107 Å². The predicted octanol–water partition coefficient (Wildman–Crippen LogP) is -1.04. The molecule has 4 aromatic rings. The second kappa shape index (κ2) is 19.7. The molecule has 0 aliphatic carbocycles. The normalized spacial score (nSPS) is 12.8. The van der Waals surface area contributed by atoms with E-state index >= 15 is 0 Å². The maximum absolute atomic E-state index is 12.2. The van der Waals surface area contributed by atoms with Crippen molar-refractivity contribution in [2.24, 2.45) is 0 Å². The number of nitrogens with zero attached hydrogens (tertiary/aromatic N) is 7. The van der Waals surface area contributed by atoms with Crippen LogP contribution in [0.5, 0.6) is 5.75 Å². The van der Waals surface area contributed by atoms with Crippen molar-refractivity contribution in [2.45, 2.75) is 85.7 Å². The van der Waals surface area contributed by atoms with Gasteiger partial charge in [-0.3, -0.25) is 14.8 Å². The lowest BCUT2D eigenvalue weighted by Gasteiger charge is -2.25. The maximum atomic E-state index is 12.2. The second-order valence-electron chi connectivity index (χ2n) is 13.2. The van der Waals surface area contributed by atoms with Crippen LogP contribution in [0.2, 0.25) is 0 Å². The van der Waals surface area contributed by atoms with Gasteiger partial charge in [0.2, 0.25) is 5.51 Å². The molecule has 11 N–H and O–H groups in total. The number of H-pyrrole nitrogens is 1. The van der Waals surface area contributed by atoms with Crippen LogP contribution < -0.4 is 21.5 Å². The zero-order chi connectivity index (χ0) is 42.1. The number of aliphatic hydroxyl groups is 7. The quantitative estimate of drug-likeness (QED) is 0.0552. The molecule has 0 saturated carbocycles. The molecule has 0 radical (unpaired) electrons. The molecule has 20 heteroatoms. The van der Waals surface area contributed by atoms with Gasteiger partial charge in [-0.2, -0.15) is 9.55 Å². The fourth-order valence-corrected chi connectivity index (χ4v) is 6.64. The lowest BCUT2D eigenvalue weighted by Crippen LogP contribution is -2.42. The molecular formula is C37H48N9O10S+. The van der Waals surface area contributed by atoms with Gasteiger partial charge >= 0.3 is 5.69 Å². The zero-order valence-corrected chi connectivity index (χ0v) is 32.9. The highest BCUT2D eigenvalue weighted by Crippen LogP contribution is 2.25. The van der Waals surface area contributed by atoms with Crippen molar-refractivity contribution in [3.63, 3.8) is 0 Å². The fourth-order valence-electron chi connectivity index (χ4n) is 5.66. The van der Waals surface area contributed by atoms with Crippen molar-refractivity contribution in [3.05, 3.63) is 101 Å². The number of fused-ring (bicyclic) bond motifs is 2. The van der Waals surface area contributed by atoms with E-state index in [1.807, 2.05) is 33.2 Å². The van der Waals surface area contributed by atoms with E-state index in [4.69, 9.17) is 26.2 Å². The number of aromatic nitrogens is 8.